The van der Waals surface area contributed by atoms with E-state index in [0.29, 0.717) is 17.8 Å². The molecule has 0 aliphatic rings. The maximum absolute atomic E-state index is 12.2. The highest BCUT2D eigenvalue weighted by molar-refractivity contribution is 6.32. The van der Waals surface area contributed by atoms with Crippen molar-refractivity contribution in [1.82, 2.24) is 10.3 Å². The van der Waals surface area contributed by atoms with Crippen molar-refractivity contribution in [3.8, 4) is 0 Å². The summed E-state index contributed by atoms with van der Waals surface area (Å²) in [6.07, 6.45) is 1.42. The number of aromatic nitrogens is 1. The van der Waals surface area contributed by atoms with Crippen LogP contribution >= 0.6 is 11.6 Å². The molecule has 1 amide bonds. The van der Waals surface area contributed by atoms with Crippen LogP contribution in [0.2, 0.25) is 5.15 Å². The van der Waals surface area contributed by atoms with E-state index in [1.807, 2.05) is 30.3 Å². The van der Waals surface area contributed by atoms with Crippen LogP contribution in [-0.2, 0) is 5.41 Å². The van der Waals surface area contributed by atoms with E-state index in [9.17, 15) is 4.79 Å². The van der Waals surface area contributed by atoms with Crippen LogP contribution in [0.5, 0.6) is 0 Å². The third-order valence-electron chi connectivity index (χ3n) is 3.35. The number of amides is 1. The highest BCUT2D eigenvalue weighted by atomic mass is 35.5. The smallest absolute Gasteiger partial charge is 0.254 e. The van der Waals surface area contributed by atoms with E-state index in [1.54, 1.807) is 0 Å². The third-order valence-corrected chi connectivity index (χ3v) is 3.65. The molecule has 21 heavy (non-hydrogen) atoms. The Kier molecular flexibility index (Phi) is 4.48. The molecule has 0 spiro atoms. The van der Waals surface area contributed by atoms with Gasteiger partial charge < -0.3 is 11.1 Å². The molecule has 0 aliphatic carbocycles. The van der Waals surface area contributed by atoms with Gasteiger partial charge in [-0.3, -0.25) is 4.79 Å². The fourth-order valence-electron chi connectivity index (χ4n) is 2.01. The van der Waals surface area contributed by atoms with Crippen molar-refractivity contribution in [2.45, 2.75) is 19.3 Å². The predicted octanol–water partition coefficient (Wildman–Crippen LogP) is 3.02. The van der Waals surface area contributed by atoms with Crippen LogP contribution in [0.4, 0.5) is 5.69 Å². The number of halogens is 1. The zero-order valence-electron chi connectivity index (χ0n) is 12.1. The van der Waals surface area contributed by atoms with Gasteiger partial charge in [0, 0.05) is 12.0 Å². The second kappa shape index (κ2) is 6.14. The molecule has 2 rings (SSSR count). The lowest BCUT2D eigenvalue weighted by molar-refractivity contribution is 0.0945. The Bertz CT molecular complexity index is 641. The fourth-order valence-corrected chi connectivity index (χ4v) is 2.20. The van der Waals surface area contributed by atoms with Gasteiger partial charge in [0.05, 0.1) is 17.4 Å². The van der Waals surface area contributed by atoms with Crippen molar-refractivity contribution in [1.29, 1.82) is 0 Å². The number of hydrogen-bond donors (Lipinski definition) is 2. The van der Waals surface area contributed by atoms with Gasteiger partial charge in [-0.1, -0.05) is 55.8 Å². The largest absolute Gasteiger partial charge is 0.397 e. The number of pyridine rings is 1. The van der Waals surface area contributed by atoms with Crippen molar-refractivity contribution in [3.05, 3.63) is 58.9 Å². The van der Waals surface area contributed by atoms with E-state index < -0.39 is 0 Å². The number of nitrogen functional groups attached to an aromatic ring is 1. The molecule has 5 heteroatoms. The van der Waals surface area contributed by atoms with E-state index in [2.05, 4.69) is 24.1 Å². The zero-order valence-corrected chi connectivity index (χ0v) is 12.8. The van der Waals surface area contributed by atoms with Crippen LogP contribution in [0.1, 0.15) is 29.8 Å². The number of benzene rings is 1. The van der Waals surface area contributed by atoms with Gasteiger partial charge in [-0.2, -0.15) is 0 Å². The first-order chi connectivity index (χ1) is 9.90. The van der Waals surface area contributed by atoms with Gasteiger partial charge in [0.15, 0.2) is 0 Å². The number of hydrogen-bond acceptors (Lipinski definition) is 3. The Morgan fingerprint density at radius 3 is 2.67 bits per heavy atom. The van der Waals surface area contributed by atoms with Crippen LogP contribution in [0.15, 0.2) is 42.6 Å². The van der Waals surface area contributed by atoms with Crippen LogP contribution in [0.3, 0.4) is 0 Å². The summed E-state index contributed by atoms with van der Waals surface area (Å²) in [6, 6.07) is 11.5. The van der Waals surface area contributed by atoms with Crippen molar-refractivity contribution in [2.75, 3.05) is 12.3 Å². The van der Waals surface area contributed by atoms with Crippen molar-refractivity contribution < 1.29 is 4.79 Å². The second-order valence-corrected chi connectivity index (χ2v) is 5.90. The summed E-state index contributed by atoms with van der Waals surface area (Å²) in [5.74, 6) is -0.274. The van der Waals surface area contributed by atoms with E-state index in [0.717, 1.165) is 5.56 Å². The zero-order chi connectivity index (χ0) is 15.5. The Labute approximate surface area is 129 Å². The van der Waals surface area contributed by atoms with Gasteiger partial charge in [0.25, 0.3) is 5.91 Å². The van der Waals surface area contributed by atoms with Gasteiger partial charge in [0.1, 0.15) is 5.15 Å². The number of carbonyl (C=O) groups is 1. The quantitative estimate of drug-likeness (QED) is 0.853. The van der Waals surface area contributed by atoms with E-state index in [4.69, 9.17) is 17.3 Å². The lowest BCUT2D eigenvalue weighted by Crippen LogP contribution is -2.36. The topological polar surface area (TPSA) is 68.0 Å². The molecule has 0 saturated carbocycles. The van der Waals surface area contributed by atoms with E-state index in [1.165, 1.54) is 12.3 Å². The molecule has 0 saturated heterocycles. The first-order valence-corrected chi connectivity index (χ1v) is 7.03. The molecule has 110 valence electrons. The number of nitrogens with two attached hydrogens (primary N) is 1. The minimum absolute atomic E-state index is 0.152. The number of rotatable bonds is 4. The third kappa shape index (κ3) is 3.73. The Hall–Kier alpha value is -2.07. The summed E-state index contributed by atoms with van der Waals surface area (Å²) in [5, 5.41) is 3.04. The minimum Gasteiger partial charge on any atom is -0.397 e. The number of nitrogens with zero attached hydrogens (tertiary/aromatic N) is 1. The molecule has 0 fully saturated rings. The molecular weight excluding hydrogens is 286 g/mol. The molecule has 0 aliphatic heterocycles. The summed E-state index contributed by atoms with van der Waals surface area (Å²) in [6.45, 7) is 4.63. The van der Waals surface area contributed by atoms with Crippen LogP contribution in [0, 0.1) is 0 Å². The van der Waals surface area contributed by atoms with Gasteiger partial charge in [0.2, 0.25) is 0 Å². The van der Waals surface area contributed by atoms with Gasteiger partial charge in [-0.15, -0.1) is 0 Å². The maximum Gasteiger partial charge on any atom is 0.254 e. The molecule has 0 atom stereocenters. The Balaban J connectivity index is 2.09. The number of carbonyl (C=O) groups excluding carboxylic acids is 1. The van der Waals surface area contributed by atoms with Crippen molar-refractivity contribution >= 4 is 23.2 Å². The average Bonchev–Trinajstić information content (AvgIpc) is 2.48. The van der Waals surface area contributed by atoms with E-state index >= 15 is 0 Å². The Morgan fingerprint density at radius 2 is 2.00 bits per heavy atom. The molecule has 1 heterocycles. The number of nitrogens with one attached hydrogen (secondary N) is 1. The highest BCUT2D eigenvalue weighted by Crippen LogP contribution is 2.22. The van der Waals surface area contributed by atoms with E-state index in [-0.39, 0.29) is 16.5 Å². The first kappa shape index (κ1) is 15.3. The predicted molar refractivity (Wildman–Crippen MR) is 85.5 cm³/mol. The first-order valence-electron chi connectivity index (χ1n) is 6.65. The lowest BCUT2D eigenvalue weighted by Gasteiger charge is -2.25. The molecule has 1 aromatic carbocycles. The molecule has 0 bridgehead atoms. The molecule has 0 radical (unpaired) electrons. The molecule has 1 aromatic heterocycles. The summed E-state index contributed by atoms with van der Waals surface area (Å²) in [7, 11) is 0. The molecule has 0 unspecified atom stereocenters. The van der Waals surface area contributed by atoms with Crippen LogP contribution in [-0.4, -0.2) is 17.4 Å². The second-order valence-electron chi connectivity index (χ2n) is 5.54. The normalized spacial score (nSPS) is 11.2. The standard InChI is InChI=1S/C16H18ClN3O/c1-16(2,11-6-4-3-5-7-11)10-20-15(21)13-8-12(18)9-19-14(13)17/h3-9H,10,18H2,1-2H3,(H,20,21). The molecule has 3 N–H and O–H groups in total. The monoisotopic (exact) mass is 303 g/mol. The van der Waals surface area contributed by atoms with Crippen LogP contribution < -0.4 is 11.1 Å². The summed E-state index contributed by atoms with van der Waals surface area (Å²) in [5.41, 5.74) is 7.31. The minimum atomic E-state index is -0.274. The van der Waals surface area contributed by atoms with Crippen molar-refractivity contribution in [3.63, 3.8) is 0 Å². The summed E-state index contributed by atoms with van der Waals surface area (Å²) in [4.78, 5) is 16.1. The average molecular weight is 304 g/mol. The maximum atomic E-state index is 12.2. The summed E-state index contributed by atoms with van der Waals surface area (Å²) >= 11 is 5.93. The van der Waals surface area contributed by atoms with Gasteiger partial charge in [-0.05, 0) is 11.6 Å². The molecule has 4 nitrogen and oxygen atoms in total. The molecular formula is C16H18ClN3O. The highest BCUT2D eigenvalue weighted by Gasteiger charge is 2.22. The van der Waals surface area contributed by atoms with Gasteiger partial charge in [-0.25, -0.2) is 4.98 Å². The SMILES string of the molecule is CC(C)(CNC(=O)c1cc(N)cnc1Cl)c1ccccc1. The van der Waals surface area contributed by atoms with Crippen LogP contribution in [0.25, 0.3) is 0 Å². The summed E-state index contributed by atoms with van der Waals surface area (Å²) < 4.78 is 0. The lowest BCUT2D eigenvalue weighted by atomic mass is 9.84. The Morgan fingerprint density at radius 1 is 1.33 bits per heavy atom. The van der Waals surface area contributed by atoms with Gasteiger partial charge >= 0.3 is 0 Å². The van der Waals surface area contributed by atoms with Crippen molar-refractivity contribution in [2.24, 2.45) is 0 Å². The number of anilines is 1. The molecule has 2 aromatic rings. The fraction of sp³-hybridized carbons (Fsp3) is 0.250.